The van der Waals surface area contributed by atoms with Crippen LogP contribution in [-0.2, 0) is 14.8 Å². The van der Waals surface area contributed by atoms with Crippen molar-refractivity contribution in [1.29, 1.82) is 0 Å². The van der Waals surface area contributed by atoms with E-state index in [-0.39, 0.29) is 23.9 Å². The minimum Gasteiger partial charge on any atom is -0.497 e. The SMILES string of the molecule is COc1ccc(S(=O)(=O)N2CCN(C(=O)/C=C/c3ccco3)CC2)cc1. The lowest BCUT2D eigenvalue weighted by Crippen LogP contribution is -2.50. The summed E-state index contributed by atoms with van der Waals surface area (Å²) in [5.41, 5.74) is 0. The van der Waals surface area contributed by atoms with Crippen LogP contribution in [0.3, 0.4) is 0 Å². The molecule has 8 heteroatoms. The molecular weight excluding hydrogens is 356 g/mol. The fourth-order valence-electron chi connectivity index (χ4n) is 2.69. The van der Waals surface area contributed by atoms with Gasteiger partial charge in [-0.3, -0.25) is 4.79 Å². The summed E-state index contributed by atoms with van der Waals surface area (Å²) < 4.78 is 37.0. The number of hydrogen-bond donors (Lipinski definition) is 0. The number of benzene rings is 1. The van der Waals surface area contributed by atoms with Crippen molar-refractivity contribution in [3.05, 3.63) is 54.5 Å². The molecule has 0 bridgehead atoms. The van der Waals surface area contributed by atoms with Crippen molar-refractivity contribution in [3.63, 3.8) is 0 Å². The van der Waals surface area contributed by atoms with Crippen molar-refractivity contribution < 1.29 is 22.4 Å². The Bertz CT molecular complexity index is 865. The predicted octanol–water partition coefficient (Wildman–Crippen LogP) is 1.83. The van der Waals surface area contributed by atoms with Gasteiger partial charge in [0.15, 0.2) is 0 Å². The second-order valence-electron chi connectivity index (χ2n) is 5.75. The Morgan fingerprint density at radius 1 is 1.12 bits per heavy atom. The molecule has 0 saturated carbocycles. The number of carbonyl (C=O) groups is 1. The van der Waals surface area contributed by atoms with Gasteiger partial charge in [0.25, 0.3) is 0 Å². The number of sulfonamides is 1. The van der Waals surface area contributed by atoms with Crippen LogP contribution in [0.2, 0.25) is 0 Å². The summed E-state index contributed by atoms with van der Waals surface area (Å²) in [6.07, 6.45) is 4.57. The molecule has 0 aliphatic carbocycles. The maximum absolute atomic E-state index is 12.7. The second-order valence-corrected chi connectivity index (χ2v) is 7.69. The van der Waals surface area contributed by atoms with Gasteiger partial charge in [0, 0.05) is 32.3 Å². The largest absolute Gasteiger partial charge is 0.497 e. The number of amides is 1. The van der Waals surface area contributed by atoms with E-state index in [1.807, 2.05) is 0 Å². The molecule has 0 spiro atoms. The van der Waals surface area contributed by atoms with Crippen LogP contribution in [0.15, 0.2) is 58.1 Å². The van der Waals surface area contributed by atoms with Crippen LogP contribution < -0.4 is 4.74 Å². The van der Waals surface area contributed by atoms with Crippen molar-refractivity contribution in [2.24, 2.45) is 0 Å². The van der Waals surface area contributed by atoms with Crippen LogP contribution in [0.25, 0.3) is 6.08 Å². The van der Waals surface area contributed by atoms with Gasteiger partial charge in [0.05, 0.1) is 18.3 Å². The Morgan fingerprint density at radius 3 is 2.38 bits per heavy atom. The third kappa shape index (κ3) is 3.97. The summed E-state index contributed by atoms with van der Waals surface area (Å²) in [5.74, 6) is 1.03. The zero-order valence-electron chi connectivity index (χ0n) is 14.4. The number of ether oxygens (including phenoxy) is 1. The molecular formula is C18H20N2O5S. The normalized spacial score (nSPS) is 16.1. The maximum Gasteiger partial charge on any atom is 0.246 e. The van der Waals surface area contributed by atoms with Crippen LogP contribution in [0.4, 0.5) is 0 Å². The highest BCUT2D eigenvalue weighted by molar-refractivity contribution is 7.89. The molecule has 0 N–H and O–H groups in total. The number of furan rings is 1. The lowest BCUT2D eigenvalue weighted by atomic mass is 10.3. The van der Waals surface area contributed by atoms with Crippen LogP contribution in [0.1, 0.15) is 5.76 Å². The van der Waals surface area contributed by atoms with Crippen molar-refractivity contribution in [3.8, 4) is 5.75 Å². The lowest BCUT2D eigenvalue weighted by Gasteiger charge is -2.33. The third-order valence-corrected chi connectivity index (χ3v) is 6.09. The fraction of sp³-hybridized carbons (Fsp3) is 0.278. The Morgan fingerprint density at radius 2 is 1.81 bits per heavy atom. The maximum atomic E-state index is 12.7. The lowest BCUT2D eigenvalue weighted by molar-refractivity contribution is -0.127. The van der Waals surface area contributed by atoms with Crippen molar-refractivity contribution >= 4 is 22.0 Å². The van der Waals surface area contributed by atoms with Gasteiger partial charge in [-0.1, -0.05) is 0 Å². The van der Waals surface area contributed by atoms with Gasteiger partial charge in [-0.05, 0) is 42.5 Å². The monoisotopic (exact) mass is 376 g/mol. The molecule has 1 aliphatic heterocycles. The van der Waals surface area contributed by atoms with Crippen molar-refractivity contribution in [2.45, 2.75) is 4.90 Å². The molecule has 1 aromatic carbocycles. The molecule has 3 rings (SSSR count). The van der Waals surface area contributed by atoms with Crippen LogP contribution in [-0.4, -0.2) is 56.8 Å². The number of hydrogen-bond acceptors (Lipinski definition) is 5. The zero-order valence-corrected chi connectivity index (χ0v) is 15.2. The van der Waals surface area contributed by atoms with Crippen LogP contribution in [0.5, 0.6) is 5.75 Å². The average Bonchev–Trinajstić information content (AvgIpc) is 3.20. The van der Waals surface area contributed by atoms with Gasteiger partial charge < -0.3 is 14.1 Å². The summed E-state index contributed by atoms with van der Waals surface area (Å²) >= 11 is 0. The minimum atomic E-state index is -3.58. The van der Waals surface area contributed by atoms with Gasteiger partial charge in [-0.25, -0.2) is 8.42 Å². The molecule has 1 aliphatic rings. The Hall–Kier alpha value is -2.58. The topological polar surface area (TPSA) is 80.1 Å². The molecule has 1 fully saturated rings. The first-order valence-corrected chi connectivity index (χ1v) is 9.59. The fourth-order valence-corrected chi connectivity index (χ4v) is 4.11. The summed E-state index contributed by atoms with van der Waals surface area (Å²) in [5, 5.41) is 0. The van der Waals surface area contributed by atoms with E-state index in [1.54, 1.807) is 35.2 Å². The van der Waals surface area contributed by atoms with E-state index in [0.717, 1.165) is 0 Å². The van der Waals surface area contributed by atoms with Gasteiger partial charge in [0.2, 0.25) is 15.9 Å². The standard InChI is InChI=1S/C18H20N2O5S/c1-24-15-4-7-17(8-5-15)26(22,23)20-12-10-19(11-13-20)18(21)9-6-16-3-2-14-25-16/h2-9,14H,10-13H2,1H3/b9-6+. The van der Waals surface area contributed by atoms with Crippen molar-refractivity contribution in [2.75, 3.05) is 33.3 Å². The number of nitrogens with zero attached hydrogens (tertiary/aromatic N) is 2. The summed E-state index contributed by atoms with van der Waals surface area (Å²) in [4.78, 5) is 14.0. The van der Waals surface area contributed by atoms with E-state index in [4.69, 9.17) is 9.15 Å². The van der Waals surface area contributed by atoms with Crippen LogP contribution in [0, 0.1) is 0 Å². The number of rotatable bonds is 5. The highest BCUT2D eigenvalue weighted by Gasteiger charge is 2.29. The van der Waals surface area contributed by atoms with Gasteiger partial charge in [-0.2, -0.15) is 4.31 Å². The highest BCUT2D eigenvalue weighted by atomic mass is 32.2. The summed E-state index contributed by atoms with van der Waals surface area (Å²) in [6.45, 7) is 1.21. The molecule has 1 amide bonds. The van der Waals surface area contributed by atoms with E-state index < -0.39 is 10.0 Å². The first-order chi connectivity index (χ1) is 12.5. The first-order valence-electron chi connectivity index (χ1n) is 8.15. The Labute approximate surface area is 152 Å². The van der Waals surface area contributed by atoms with Gasteiger partial charge in [0.1, 0.15) is 11.5 Å². The molecule has 7 nitrogen and oxygen atoms in total. The number of carbonyl (C=O) groups excluding carboxylic acids is 1. The van der Waals surface area contributed by atoms with Crippen LogP contribution >= 0.6 is 0 Å². The summed E-state index contributed by atoms with van der Waals surface area (Å²) in [6, 6.07) is 9.78. The van der Waals surface area contributed by atoms with Crippen molar-refractivity contribution in [1.82, 2.24) is 9.21 Å². The molecule has 0 unspecified atom stereocenters. The molecule has 2 heterocycles. The van der Waals surface area contributed by atoms with E-state index in [2.05, 4.69) is 0 Å². The average molecular weight is 376 g/mol. The summed E-state index contributed by atoms with van der Waals surface area (Å²) in [7, 11) is -2.05. The third-order valence-electron chi connectivity index (χ3n) is 4.18. The Balaban J connectivity index is 1.61. The van der Waals surface area contributed by atoms with E-state index in [0.29, 0.717) is 24.6 Å². The number of piperazine rings is 1. The molecule has 1 saturated heterocycles. The minimum absolute atomic E-state index is 0.164. The second kappa shape index (κ2) is 7.76. The van der Waals surface area contributed by atoms with Gasteiger partial charge >= 0.3 is 0 Å². The van der Waals surface area contributed by atoms with E-state index >= 15 is 0 Å². The molecule has 138 valence electrons. The number of methoxy groups -OCH3 is 1. The zero-order chi connectivity index (χ0) is 18.6. The van der Waals surface area contributed by atoms with Gasteiger partial charge in [-0.15, -0.1) is 0 Å². The molecule has 0 atom stereocenters. The highest BCUT2D eigenvalue weighted by Crippen LogP contribution is 2.20. The molecule has 26 heavy (non-hydrogen) atoms. The molecule has 1 aromatic heterocycles. The molecule has 0 radical (unpaired) electrons. The predicted molar refractivity (Wildman–Crippen MR) is 96.1 cm³/mol. The molecule has 2 aromatic rings. The quantitative estimate of drug-likeness (QED) is 0.744. The van der Waals surface area contributed by atoms with E-state index in [1.165, 1.54) is 35.9 Å². The smallest absolute Gasteiger partial charge is 0.246 e. The Kier molecular flexibility index (Phi) is 5.43. The first kappa shape index (κ1) is 18.2. The van der Waals surface area contributed by atoms with E-state index in [9.17, 15) is 13.2 Å².